The molecule has 1 aromatic rings. The second-order valence-electron chi connectivity index (χ2n) is 5.97. The molecule has 2 N–H and O–H groups in total. The highest BCUT2D eigenvalue weighted by atomic mass is 16.4. The zero-order valence-corrected chi connectivity index (χ0v) is 12.7. The molecule has 0 bridgehead atoms. The van der Waals surface area contributed by atoms with E-state index in [0.29, 0.717) is 17.5 Å². The largest absolute Gasteiger partial charge is 0.478 e. The Morgan fingerprint density at radius 2 is 2.10 bits per heavy atom. The number of carboxylic acid groups (broad SMARTS) is 1. The summed E-state index contributed by atoms with van der Waals surface area (Å²) >= 11 is 0. The molecule has 1 aliphatic heterocycles. The molecule has 5 heteroatoms. The maximum atomic E-state index is 12.3. The summed E-state index contributed by atoms with van der Waals surface area (Å²) in [5.41, 5.74) is 1.27. The summed E-state index contributed by atoms with van der Waals surface area (Å²) in [6, 6.07) is 4.77. The second-order valence-corrected chi connectivity index (χ2v) is 5.97. The van der Waals surface area contributed by atoms with E-state index in [1.807, 2.05) is 0 Å². The quantitative estimate of drug-likeness (QED) is 0.898. The van der Waals surface area contributed by atoms with E-state index in [2.05, 4.69) is 19.2 Å². The fraction of sp³-hybridized carbons (Fsp3) is 0.500. The molecule has 2 rings (SSSR count). The molecule has 2 amide bonds. The maximum Gasteiger partial charge on any atom is 0.337 e. The Balaban J connectivity index is 2.12. The van der Waals surface area contributed by atoms with E-state index in [4.69, 9.17) is 0 Å². The van der Waals surface area contributed by atoms with Crippen LogP contribution in [0.3, 0.4) is 0 Å². The predicted octanol–water partition coefficient (Wildman–Crippen LogP) is 3.20. The van der Waals surface area contributed by atoms with E-state index in [1.165, 1.54) is 6.07 Å². The van der Waals surface area contributed by atoms with E-state index in [-0.39, 0.29) is 11.6 Å². The number of nitrogens with zero attached hydrogens (tertiary/aromatic N) is 1. The van der Waals surface area contributed by atoms with Crippen molar-refractivity contribution in [2.75, 3.05) is 18.4 Å². The van der Waals surface area contributed by atoms with Gasteiger partial charge in [0.1, 0.15) is 0 Å². The van der Waals surface area contributed by atoms with Crippen molar-refractivity contribution in [2.24, 2.45) is 11.8 Å². The maximum absolute atomic E-state index is 12.3. The third-order valence-corrected chi connectivity index (χ3v) is 4.19. The van der Waals surface area contributed by atoms with Crippen LogP contribution in [0.15, 0.2) is 18.2 Å². The highest BCUT2D eigenvalue weighted by molar-refractivity contribution is 6.01. The minimum atomic E-state index is -1.03. The van der Waals surface area contributed by atoms with E-state index < -0.39 is 5.97 Å². The van der Waals surface area contributed by atoms with Gasteiger partial charge in [-0.2, -0.15) is 0 Å². The van der Waals surface area contributed by atoms with E-state index >= 15 is 0 Å². The van der Waals surface area contributed by atoms with Gasteiger partial charge in [-0.25, -0.2) is 9.59 Å². The van der Waals surface area contributed by atoms with Crippen molar-refractivity contribution in [3.8, 4) is 0 Å². The molecule has 0 spiro atoms. The molecule has 0 radical (unpaired) electrons. The SMILES string of the molecule is Cc1cccc(C(=O)O)c1NC(=O)N1CCC(C(C)C)C1. The lowest BCUT2D eigenvalue weighted by Gasteiger charge is -2.20. The zero-order valence-electron chi connectivity index (χ0n) is 12.7. The average molecular weight is 290 g/mol. The van der Waals surface area contributed by atoms with E-state index in [9.17, 15) is 14.7 Å². The van der Waals surface area contributed by atoms with Gasteiger partial charge in [-0.15, -0.1) is 0 Å². The number of para-hydroxylation sites is 1. The standard InChI is InChI=1S/C16H22N2O3/c1-10(2)12-7-8-18(9-12)16(21)17-14-11(3)5-4-6-13(14)15(19)20/h4-6,10,12H,7-9H2,1-3H3,(H,17,21)(H,19,20). The number of carboxylic acids is 1. The molecule has 1 atom stereocenters. The first-order valence-electron chi connectivity index (χ1n) is 7.29. The Labute approximate surface area is 125 Å². The number of rotatable bonds is 3. The van der Waals surface area contributed by atoms with Crippen LogP contribution in [-0.2, 0) is 0 Å². The highest BCUT2D eigenvalue weighted by Gasteiger charge is 2.28. The lowest BCUT2D eigenvalue weighted by atomic mass is 9.95. The molecule has 1 fully saturated rings. The molecule has 1 unspecified atom stereocenters. The van der Waals surface area contributed by atoms with Crippen molar-refractivity contribution in [3.05, 3.63) is 29.3 Å². The summed E-state index contributed by atoms with van der Waals surface area (Å²) in [7, 11) is 0. The molecule has 0 aromatic heterocycles. The molecule has 1 aromatic carbocycles. The van der Waals surface area contributed by atoms with Crippen molar-refractivity contribution in [3.63, 3.8) is 0 Å². The first-order valence-corrected chi connectivity index (χ1v) is 7.29. The van der Waals surface area contributed by atoms with Crippen LogP contribution in [0.1, 0.15) is 36.2 Å². The van der Waals surface area contributed by atoms with Gasteiger partial charge in [-0.05, 0) is 36.8 Å². The number of hydrogen-bond acceptors (Lipinski definition) is 2. The first-order chi connectivity index (χ1) is 9.90. The number of hydrogen-bond donors (Lipinski definition) is 2. The van der Waals surface area contributed by atoms with Gasteiger partial charge in [0.15, 0.2) is 0 Å². The second kappa shape index (κ2) is 6.16. The number of carbonyl (C=O) groups is 2. The molecule has 1 heterocycles. The molecule has 0 saturated carbocycles. The van der Waals surface area contributed by atoms with Crippen molar-refractivity contribution < 1.29 is 14.7 Å². The number of anilines is 1. The molecular weight excluding hydrogens is 268 g/mol. The minimum absolute atomic E-state index is 0.128. The Bertz CT molecular complexity index is 554. The number of benzene rings is 1. The van der Waals surface area contributed by atoms with Crippen molar-refractivity contribution in [1.29, 1.82) is 0 Å². The number of aryl methyl sites for hydroxylation is 1. The van der Waals surface area contributed by atoms with Crippen LogP contribution >= 0.6 is 0 Å². The third kappa shape index (κ3) is 3.35. The van der Waals surface area contributed by atoms with Crippen LogP contribution in [0.4, 0.5) is 10.5 Å². The molecule has 1 aliphatic rings. The predicted molar refractivity (Wildman–Crippen MR) is 81.7 cm³/mol. The summed E-state index contributed by atoms with van der Waals surface area (Å²) < 4.78 is 0. The fourth-order valence-corrected chi connectivity index (χ4v) is 2.71. The number of carbonyl (C=O) groups excluding carboxylic acids is 1. The normalized spacial score (nSPS) is 18.1. The van der Waals surface area contributed by atoms with Gasteiger partial charge in [0.2, 0.25) is 0 Å². The van der Waals surface area contributed by atoms with Gasteiger partial charge in [0.25, 0.3) is 0 Å². The van der Waals surface area contributed by atoms with E-state index in [0.717, 1.165) is 25.1 Å². The highest BCUT2D eigenvalue weighted by Crippen LogP contribution is 2.26. The van der Waals surface area contributed by atoms with Crippen LogP contribution in [0, 0.1) is 18.8 Å². The Hall–Kier alpha value is -2.04. The zero-order chi connectivity index (χ0) is 15.6. The Morgan fingerprint density at radius 3 is 2.67 bits per heavy atom. The van der Waals surface area contributed by atoms with Crippen LogP contribution in [0.25, 0.3) is 0 Å². The van der Waals surface area contributed by atoms with Crippen molar-refractivity contribution in [2.45, 2.75) is 27.2 Å². The van der Waals surface area contributed by atoms with Crippen molar-refractivity contribution in [1.82, 2.24) is 4.90 Å². The summed E-state index contributed by atoms with van der Waals surface area (Å²) in [6.07, 6.45) is 1.00. The molecule has 1 saturated heterocycles. The van der Waals surface area contributed by atoms with Crippen LogP contribution in [0.5, 0.6) is 0 Å². The Kier molecular flexibility index (Phi) is 4.50. The molecule has 0 aliphatic carbocycles. The lowest BCUT2D eigenvalue weighted by molar-refractivity contribution is 0.0698. The van der Waals surface area contributed by atoms with Gasteiger partial charge in [0.05, 0.1) is 11.3 Å². The van der Waals surface area contributed by atoms with Gasteiger partial charge >= 0.3 is 12.0 Å². The van der Waals surface area contributed by atoms with Gasteiger partial charge in [-0.3, -0.25) is 0 Å². The Morgan fingerprint density at radius 1 is 1.38 bits per heavy atom. The van der Waals surface area contributed by atoms with Gasteiger partial charge in [-0.1, -0.05) is 26.0 Å². The average Bonchev–Trinajstić information content (AvgIpc) is 2.90. The molecule has 21 heavy (non-hydrogen) atoms. The van der Waals surface area contributed by atoms with Crippen LogP contribution in [-0.4, -0.2) is 35.1 Å². The number of likely N-dealkylation sites (tertiary alicyclic amines) is 1. The molecular formula is C16H22N2O3. The third-order valence-electron chi connectivity index (χ3n) is 4.19. The molecule has 114 valence electrons. The fourth-order valence-electron chi connectivity index (χ4n) is 2.71. The van der Waals surface area contributed by atoms with E-state index in [1.54, 1.807) is 24.0 Å². The number of nitrogens with one attached hydrogen (secondary N) is 1. The summed E-state index contributed by atoms with van der Waals surface area (Å²) in [6.45, 7) is 7.58. The molecule has 5 nitrogen and oxygen atoms in total. The lowest BCUT2D eigenvalue weighted by Crippen LogP contribution is -2.34. The van der Waals surface area contributed by atoms with Crippen molar-refractivity contribution >= 4 is 17.7 Å². The number of amides is 2. The number of urea groups is 1. The van der Waals surface area contributed by atoms with Crippen LogP contribution in [0.2, 0.25) is 0 Å². The summed E-state index contributed by atoms with van der Waals surface area (Å²) in [5.74, 6) is 0.0397. The van der Waals surface area contributed by atoms with Crippen LogP contribution < -0.4 is 5.32 Å². The minimum Gasteiger partial charge on any atom is -0.478 e. The summed E-state index contributed by atoms with van der Waals surface area (Å²) in [4.78, 5) is 25.4. The first kappa shape index (κ1) is 15.4. The number of aromatic carboxylic acids is 1. The smallest absolute Gasteiger partial charge is 0.337 e. The van der Waals surface area contributed by atoms with Gasteiger partial charge < -0.3 is 15.3 Å². The van der Waals surface area contributed by atoms with Gasteiger partial charge in [0, 0.05) is 13.1 Å². The monoisotopic (exact) mass is 290 g/mol. The summed E-state index contributed by atoms with van der Waals surface area (Å²) in [5, 5.41) is 12.0. The topological polar surface area (TPSA) is 69.6 Å².